The first-order chi connectivity index (χ1) is 13.8. The van der Waals surface area contributed by atoms with E-state index in [1.54, 1.807) is 11.1 Å². The van der Waals surface area contributed by atoms with Crippen LogP contribution in [0.5, 0.6) is 0 Å². The second-order valence-corrected chi connectivity index (χ2v) is 8.16. The zero-order valence-electron chi connectivity index (χ0n) is 17.6. The number of benzene rings is 1. The van der Waals surface area contributed by atoms with Gasteiger partial charge in [0.25, 0.3) is 5.91 Å². The van der Waals surface area contributed by atoms with Crippen LogP contribution in [0.15, 0.2) is 48.7 Å². The third-order valence-corrected chi connectivity index (χ3v) is 4.90. The van der Waals surface area contributed by atoms with Crippen LogP contribution in [0.2, 0.25) is 0 Å². The number of aromatic nitrogens is 1. The normalized spacial score (nSPS) is 16.6. The van der Waals surface area contributed by atoms with Crippen LogP contribution in [0.1, 0.15) is 62.5 Å². The number of likely N-dealkylation sites (tertiary alicyclic amines) is 1. The average molecular weight is 396 g/mol. The highest BCUT2D eigenvalue weighted by Crippen LogP contribution is 2.37. The standard InChI is InChI=1S/C23H29N3O3/c1-5-25(22(28)29-23(2,3)4)20-18(13-9-15-24-20)19-14-10-16-26(19)21(27)17-11-7-6-8-12-17/h6-9,11-13,15,19H,5,10,14,16H2,1-4H3/t19-/m0/s1. The Morgan fingerprint density at radius 2 is 1.90 bits per heavy atom. The summed E-state index contributed by atoms with van der Waals surface area (Å²) in [4.78, 5) is 33.8. The number of ether oxygens (including phenoxy) is 1. The summed E-state index contributed by atoms with van der Waals surface area (Å²) in [5.74, 6) is 0.560. The average Bonchev–Trinajstić information content (AvgIpc) is 3.17. The molecule has 1 fully saturated rings. The number of carbonyl (C=O) groups is 2. The molecule has 3 rings (SSSR count). The molecule has 0 N–H and O–H groups in total. The fourth-order valence-electron chi connectivity index (χ4n) is 3.66. The lowest BCUT2D eigenvalue weighted by Crippen LogP contribution is -2.38. The smallest absolute Gasteiger partial charge is 0.415 e. The third-order valence-electron chi connectivity index (χ3n) is 4.90. The van der Waals surface area contributed by atoms with Gasteiger partial charge in [0.1, 0.15) is 11.4 Å². The Bertz CT molecular complexity index is 861. The molecular formula is C23H29N3O3. The SMILES string of the molecule is CCN(C(=O)OC(C)(C)C)c1ncccc1[C@@H]1CCCN1C(=O)c1ccccc1. The van der Waals surface area contributed by atoms with Crippen LogP contribution in [0.3, 0.4) is 0 Å². The van der Waals surface area contributed by atoms with Crippen molar-refractivity contribution in [2.75, 3.05) is 18.0 Å². The minimum absolute atomic E-state index is 0.00298. The molecule has 1 aliphatic rings. The Morgan fingerprint density at radius 3 is 2.55 bits per heavy atom. The first kappa shape index (κ1) is 20.8. The summed E-state index contributed by atoms with van der Waals surface area (Å²) in [7, 11) is 0. The molecular weight excluding hydrogens is 366 g/mol. The molecule has 154 valence electrons. The van der Waals surface area contributed by atoms with E-state index >= 15 is 0 Å². The van der Waals surface area contributed by atoms with Crippen molar-refractivity contribution in [3.05, 3.63) is 59.8 Å². The largest absolute Gasteiger partial charge is 0.443 e. The molecule has 2 heterocycles. The highest BCUT2D eigenvalue weighted by atomic mass is 16.6. The van der Waals surface area contributed by atoms with Crippen LogP contribution in [0, 0.1) is 0 Å². The Hall–Kier alpha value is -2.89. The zero-order chi connectivity index (χ0) is 21.0. The van der Waals surface area contributed by atoms with Gasteiger partial charge in [-0.15, -0.1) is 0 Å². The maximum atomic E-state index is 13.1. The van der Waals surface area contributed by atoms with Crippen molar-refractivity contribution in [1.82, 2.24) is 9.88 Å². The van der Waals surface area contributed by atoms with Crippen molar-refractivity contribution in [2.24, 2.45) is 0 Å². The van der Waals surface area contributed by atoms with E-state index in [2.05, 4.69) is 4.98 Å². The summed E-state index contributed by atoms with van der Waals surface area (Å²) < 4.78 is 5.57. The van der Waals surface area contributed by atoms with Gasteiger partial charge in [0, 0.05) is 30.4 Å². The highest BCUT2D eigenvalue weighted by Gasteiger charge is 2.34. The third kappa shape index (κ3) is 4.75. The lowest BCUT2D eigenvalue weighted by Gasteiger charge is -2.30. The summed E-state index contributed by atoms with van der Waals surface area (Å²) >= 11 is 0. The molecule has 1 saturated heterocycles. The number of anilines is 1. The molecule has 1 aromatic heterocycles. The Morgan fingerprint density at radius 1 is 1.17 bits per heavy atom. The van der Waals surface area contributed by atoms with Gasteiger partial charge in [-0.2, -0.15) is 0 Å². The van der Waals surface area contributed by atoms with Gasteiger partial charge in [-0.25, -0.2) is 9.78 Å². The summed E-state index contributed by atoms with van der Waals surface area (Å²) in [5.41, 5.74) is 0.952. The van der Waals surface area contributed by atoms with Crippen LogP contribution in [0.4, 0.5) is 10.6 Å². The topological polar surface area (TPSA) is 62.7 Å². The molecule has 0 saturated carbocycles. The predicted octanol–water partition coefficient (Wildman–Crippen LogP) is 4.82. The van der Waals surface area contributed by atoms with Crippen LogP contribution < -0.4 is 4.90 Å². The molecule has 1 aliphatic heterocycles. The number of nitrogens with zero attached hydrogens (tertiary/aromatic N) is 3. The maximum absolute atomic E-state index is 13.1. The molecule has 2 aromatic rings. The van der Waals surface area contributed by atoms with Gasteiger partial charge in [0.15, 0.2) is 0 Å². The van der Waals surface area contributed by atoms with Gasteiger partial charge in [-0.05, 0) is 58.7 Å². The molecule has 0 unspecified atom stereocenters. The van der Waals surface area contributed by atoms with E-state index in [1.165, 1.54) is 0 Å². The summed E-state index contributed by atoms with van der Waals surface area (Å²) in [6.45, 7) is 8.54. The van der Waals surface area contributed by atoms with Crippen molar-refractivity contribution < 1.29 is 14.3 Å². The summed E-state index contributed by atoms with van der Waals surface area (Å²) in [6.07, 6.45) is 2.99. The zero-order valence-corrected chi connectivity index (χ0v) is 17.6. The molecule has 0 bridgehead atoms. The number of hydrogen-bond acceptors (Lipinski definition) is 4. The van der Waals surface area contributed by atoms with Gasteiger partial charge in [0.05, 0.1) is 6.04 Å². The predicted molar refractivity (Wildman–Crippen MR) is 113 cm³/mol. The van der Waals surface area contributed by atoms with Crippen LogP contribution in [-0.2, 0) is 4.74 Å². The fourth-order valence-corrected chi connectivity index (χ4v) is 3.66. The number of rotatable bonds is 4. The van der Waals surface area contributed by atoms with Crippen molar-refractivity contribution >= 4 is 17.8 Å². The Labute approximate surface area is 172 Å². The molecule has 0 radical (unpaired) electrons. The lowest BCUT2D eigenvalue weighted by molar-refractivity contribution is 0.0580. The number of amides is 2. The van der Waals surface area contributed by atoms with Crippen molar-refractivity contribution in [1.29, 1.82) is 0 Å². The monoisotopic (exact) mass is 395 g/mol. The molecule has 0 spiro atoms. The van der Waals surface area contributed by atoms with E-state index in [0.29, 0.717) is 24.5 Å². The van der Waals surface area contributed by atoms with E-state index in [4.69, 9.17) is 4.74 Å². The van der Waals surface area contributed by atoms with Crippen molar-refractivity contribution in [3.8, 4) is 0 Å². The molecule has 1 aromatic carbocycles. The van der Waals surface area contributed by atoms with Gasteiger partial charge < -0.3 is 9.64 Å². The molecule has 1 atom stereocenters. The van der Waals surface area contributed by atoms with Gasteiger partial charge in [-0.1, -0.05) is 24.3 Å². The quantitative estimate of drug-likeness (QED) is 0.744. The summed E-state index contributed by atoms with van der Waals surface area (Å²) in [5, 5.41) is 0. The highest BCUT2D eigenvalue weighted by molar-refractivity contribution is 5.95. The molecule has 29 heavy (non-hydrogen) atoms. The van der Waals surface area contributed by atoms with Crippen molar-refractivity contribution in [3.63, 3.8) is 0 Å². The van der Waals surface area contributed by atoms with Crippen LogP contribution in [-0.4, -0.2) is 40.6 Å². The Kier molecular flexibility index (Phi) is 6.20. The second-order valence-electron chi connectivity index (χ2n) is 8.16. The van der Waals surface area contributed by atoms with E-state index < -0.39 is 11.7 Å². The van der Waals surface area contributed by atoms with Crippen LogP contribution >= 0.6 is 0 Å². The van der Waals surface area contributed by atoms with E-state index in [0.717, 1.165) is 18.4 Å². The Balaban J connectivity index is 1.93. The second kappa shape index (κ2) is 8.64. The molecule has 2 amide bonds. The van der Waals surface area contributed by atoms with Gasteiger partial charge in [0.2, 0.25) is 0 Å². The minimum atomic E-state index is -0.595. The number of pyridine rings is 1. The molecule has 0 aliphatic carbocycles. The van der Waals surface area contributed by atoms with E-state index in [9.17, 15) is 9.59 Å². The van der Waals surface area contributed by atoms with Crippen LogP contribution in [0.25, 0.3) is 0 Å². The number of hydrogen-bond donors (Lipinski definition) is 0. The van der Waals surface area contributed by atoms with E-state index in [-0.39, 0.29) is 11.9 Å². The fraction of sp³-hybridized carbons (Fsp3) is 0.435. The van der Waals surface area contributed by atoms with Gasteiger partial charge >= 0.3 is 6.09 Å². The first-order valence-electron chi connectivity index (χ1n) is 10.1. The first-order valence-corrected chi connectivity index (χ1v) is 10.1. The number of carbonyl (C=O) groups excluding carboxylic acids is 2. The van der Waals surface area contributed by atoms with Crippen molar-refractivity contribution in [2.45, 2.75) is 52.2 Å². The minimum Gasteiger partial charge on any atom is -0.443 e. The van der Waals surface area contributed by atoms with E-state index in [1.807, 2.05) is 75.1 Å². The van der Waals surface area contributed by atoms with Gasteiger partial charge in [-0.3, -0.25) is 9.69 Å². The molecule has 6 nitrogen and oxygen atoms in total. The molecule has 6 heteroatoms. The summed E-state index contributed by atoms with van der Waals surface area (Å²) in [6, 6.07) is 13.0. The lowest BCUT2D eigenvalue weighted by atomic mass is 10.0. The maximum Gasteiger partial charge on any atom is 0.415 e.